The number of rotatable bonds is 3. The normalized spacial score (nSPS) is 20.0. The highest BCUT2D eigenvalue weighted by molar-refractivity contribution is 7.91. The second-order valence-corrected chi connectivity index (χ2v) is 9.26. The lowest BCUT2D eigenvalue weighted by Crippen LogP contribution is -2.38. The Balaban J connectivity index is 2.08. The Morgan fingerprint density at radius 1 is 1.22 bits per heavy atom. The van der Waals surface area contributed by atoms with Crippen molar-refractivity contribution < 1.29 is 31.1 Å². The third kappa shape index (κ3) is 4.28. The minimum atomic E-state index is -4.84. The predicted molar refractivity (Wildman–Crippen MR) is 92.8 cm³/mol. The molecule has 1 fully saturated rings. The number of ether oxygens (including phenoxy) is 1. The van der Waals surface area contributed by atoms with E-state index in [1.807, 2.05) is 0 Å². The van der Waals surface area contributed by atoms with E-state index >= 15 is 0 Å². The minimum Gasteiger partial charge on any atom is -0.483 e. The van der Waals surface area contributed by atoms with Crippen molar-refractivity contribution in [3.8, 4) is 5.75 Å². The van der Waals surface area contributed by atoms with E-state index in [2.05, 4.69) is 0 Å². The second-order valence-electron chi connectivity index (χ2n) is 7.27. The van der Waals surface area contributed by atoms with Gasteiger partial charge in [-0.2, -0.15) is 13.2 Å². The summed E-state index contributed by atoms with van der Waals surface area (Å²) in [7, 11) is -4.56. The van der Waals surface area contributed by atoms with Crippen LogP contribution < -0.4 is 4.74 Å². The molecule has 3 rings (SSSR count). The van der Waals surface area contributed by atoms with Crippen LogP contribution in [-0.4, -0.2) is 43.3 Å². The van der Waals surface area contributed by atoms with Gasteiger partial charge in [0.05, 0.1) is 10.6 Å². The molecule has 1 amide bonds. The molecule has 2 aliphatic rings. The van der Waals surface area contributed by atoms with Crippen molar-refractivity contribution in [1.29, 1.82) is 0 Å². The maximum absolute atomic E-state index is 12.6. The topological polar surface area (TPSA) is 63.7 Å². The predicted octanol–water partition coefficient (Wildman–Crippen LogP) is 3.55. The Bertz CT molecular complexity index is 904. The van der Waals surface area contributed by atoms with Gasteiger partial charge in [0.15, 0.2) is 15.6 Å². The van der Waals surface area contributed by atoms with Gasteiger partial charge in [-0.15, -0.1) is 0 Å². The Morgan fingerprint density at radius 2 is 1.93 bits per heavy atom. The highest BCUT2D eigenvalue weighted by atomic mass is 32.2. The highest BCUT2D eigenvalue weighted by Gasteiger charge is 2.38. The lowest BCUT2D eigenvalue weighted by atomic mass is 9.96. The van der Waals surface area contributed by atoms with Gasteiger partial charge in [-0.05, 0) is 51.0 Å². The molecule has 2 aliphatic heterocycles. The fraction of sp³-hybridized carbons (Fsp3) is 0.500. The van der Waals surface area contributed by atoms with Crippen molar-refractivity contribution in [2.75, 3.05) is 12.3 Å². The van der Waals surface area contributed by atoms with E-state index in [0.717, 1.165) is 18.9 Å². The van der Waals surface area contributed by atoms with Gasteiger partial charge in [0.1, 0.15) is 11.4 Å². The first-order valence-electron chi connectivity index (χ1n) is 8.54. The molecule has 0 radical (unpaired) electrons. The molecular weight excluding hydrogens is 383 g/mol. The summed E-state index contributed by atoms with van der Waals surface area (Å²) in [6, 6.07) is 3.62. The number of sulfone groups is 1. The first kappa shape index (κ1) is 19.7. The number of halogens is 3. The van der Waals surface area contributed by atoms with Crippen molar-refractivity contribution in [2.45, 2.75) is 49.8 Å². The van der Waals surface area contributed by atoms with E-state index in [1.165, 1.54) is 12.1 Å². The van der Waals surface area contributed by atoms with E-state index < -0.39 is 32.3 Å². The molecule has 5 nitrogen and oxygen atoms in total. The summed E-state index contributed by atoms with van der Waals surface area (Å²) >= 11 is 0. The van der Waals surface area contributed by atoms with Gasteiger partial charge < -0.3 is 9.64 Å². The number of carbonyl (C=O) groups is 1. The molecule has 0 saturated carbocycles. The van der Waals surface area contributed by atoms with E-state index in [9.17, 15) is 26.4 Å². The zero-order valence-corrected chi connectivity index (χ0v) is 15.8. The van der Waals surface area contributed by atoms with Gasteiger partial charge >= 0.3 is 6.18 Å². The molecule has 0 bridgehead atoms. The van der Waals surface area contributed by atoms with Gasteiger partial charge in [0.2, 0.25) is 5.91 Å². The first-order valence-corrected chi connectivity index (χ1v) is 10.2. The van der Waals surface area contributed by atoms with Crippen molar-refractivity contribution >= 4 is 21.4 Å². The number of piperidine rings is 1. The molecule has 2 heterocycles. The standard InChI is InChI=1S/C18H20F3NO4S/c1-17(2)10-14(22-8-4-3-5-16(22)23)13-9-12(6-7-15(13)26-17)27(24,25)11-18(19,20)21/h6-7,9-10H,3-5,8,11H2,1-2H3. The number of likely N-dealkylation sites (tertiary alicyclic amines) is 1. The van der Waals surface area contributed by atoms with Gasteiger partial charge in [-0.25, -0.2) is 8.42 Å². The molecule has 0 aliphatic carbocycles. The van der Waals surface area contributed by atoms with Gasteiger partial charge in [0, 0.05) is 18.5 Å². The maximum Gasteiger partial charge on any atom is 0.403 e. The molecule has 0 spiro atoms. The number of benzene rings is 1. The molecular formula is C18H20F3NO4S. The van der Waals surface area contributed by atoms with Crippen LogP contribution in [0.1, 0.15) is 38.7 Å². The molecule has 27 heavy (non-hydrogen) atoms. The summed E-state index contributed by atoms with van der Waals surface area (Å²) in [4.78, 5) is 13.5. The van der Waals surface area contributed by atoms with Crippen LogP contribution in [0.25, 0.3) is 5.70 Å². The van der Waals surface area contributed by atoms with Gasteiger partial charge in [0.25, 0.3) is 0 Å². The van der Waals surface area contributed by atoms with Crippen LogP contribution >= 0.6 is 0 Å². The number of nitrogens with zero attached hydrogens (tertiary/aromatic N) is 1. The third-order valence-electron chi connectivity index (χ3n) is 4.41. The summed E-state index contributed by atoms with van der Waals surface area (Å²) in [5, 5.41) is 0. The van der Waals surface area contributed by atoms with Crippen LogP contribution in [0.5, 0.6) is 5.75 Å². The maximum atomic E-state index is 12.6. The monoisotopic (exact) mass is 403 g/mol. The second kappa shape index (κ2) is 6.54. The summed E-state index contributed by atoms with van der Waals surface area (Å²) in [5.74, 6) is -1.70. The molecule has 0 aromatic heterocycles. The molecule has 1 aromatic rings. The van der Waals surface area contributed by atoms with E-state index in [4.69, 9.17) is 4.74 Å². The van der Waals surface area contributed by atoms with E-state index in [-0.39, 0.29) is 5.91 Å². The van der Waals surface area contributed by atoms with Gasteiger partial charge in [-0.1, -0.05) is 0 Å². The first-order chi connectivity index (χ1) is 12.4. The van der Waals surface area contributed by atoms with Crippen molar-refractivity contribution in [2.24, 2.45) is 0 Å². The van der Waals surface area contributed by atoms with Crippen molar-refractivity contribution in [3.05, 3.63) is 29.8 Å². The van der Waals surface area contributed by atoms with E-state index in [1.54, 1.807) is 24.8 Å². The van der Waals surface area contributed by atoms with Crippen LogP contribution in [0.2, 0.25) is 0 Å². The van der Waals surface area contributed by atoms with Crippen LogP contribution in [0, 0.1) is 0 Å². The minimum absolute atomic E-state index is 0.0975. The summed E-state index contributed by atoms with van der Waals surface area (Å²) in [5.41, 5.74) is 0.0507. The number of fused-ring (bicyclic) bond motifs is 1. The largest absolute Gasteiger partial charge is 0.483 e. The van der Waals surface area contributed by atoms with Crippen LogP contribution in [0.3, 0.4) is 0 Å². The zero-order valence-electron chi connectivity index (χ0n) is 15.0. The Labute approximate surface area is 155 Å². The molecule has 0 N–H and O–H groups in total. The lowest BCUT2D eigenvalue weighted by molar-refractivity contribution is -0.129. The fourth-order valence-electron chi connectivity index (χ4n) is 3.29. The van der Waals surface area contributed by atoms with Crippen LogP contribution in [-0.2, 0) is 14.6 Å². The lowest BCUT2D eigenvalue weighted by Gasteiger charge is -2.37. The fourth-order valence-corrected chi connectivity index (χ4v) is 4.46. The molecule has 148 valence electrons. The SMILES string of the molecule is CC1(C)C=C(N2CCCCC2=O)c2cc(S(=O)(=O)CC(F)(F)F)ccc2O1. The summed E-state index contributed by atoms with van der Waals surface area (Å²) in [6.45, 7) is 4.05. The number of hydrogen-bond donors (Lipinski definition) is 0. The molecule has 1 saturated heterocycles. The Morgan fingerprint density at radius 3 is 2.56 bits per heavy atom. The van der Waals surface area contributed by atoms with Crippen molar-refractivity contribution in [1.82, 2.24) is 4.90 Å². The number of hydrogen-bond acceptors (Lipinski definition) is 4. The zero-order chi connectivity index (χ0) is 20.0. The average molecular weight is 403 g/mol. The molecule has 0 atom stereocenters. The van der Waals surface area contributed by atoms with Crippen molar-refractivity contribution in [3.63, 3.8) is 0 Å². The smallest absolute Gasteiger partial charge is 0.403 e. The average Bonchev–Trinajstić information content (AvgIpc) is 2.51. The summed E-state index contributed by atoms with van der Waals surface area (Å²) in [6.07, 6.45) is -1.19. The Kier molecular flexibility index (Phi) is 4.78. The quantitative estimate of drug-likeness (QED) is 0.774. The number of amides is 1. The molecule has 0 unspecified atom stereocenters. The molecule has 1 aromatic carbocycles. The Hall–Kier alpha value is -2.03. The van der Waals surface area contributed by atoms with E-state index in [0.29, 0.717) is 30.0 Å². The third-order valence-corrected chi connectivity index (χ3v) is 6.09. The number of alkyl halides is 3. The number of carbonyl (C=O) groups excluding carboxylic acids is 1. The molecule has 9 heteroatoms. The summed E-state index contributed by atoms with van der Waals surface area (Å²) < 4.78 is 68.0. The van der Waals surface area contributed by atoms with Crippen LogP contribution in [0.4, 0.5) is 13.2 Å². The van der Waals surface area contributed by atoms with Crippen LogP contribution in [0.15, 0.2) is 29.2 Å². The van der Waals surface area contributed by atoms with Gasteiger partial charge in [-0.3, -0.25) is 4.79 Å². The highest BCUT2D eigenvalue weighted by Crippen LogP contribution is 2.40.